The van der Waals surface area contributed by atoms with Gasteiger partial charge in [0.2, 0.25) is 23.6 Å². The van der Waals surface area contributed by atoms with Crippen molar-refractivity contribution in [1.82, 2.24) is 20.4 Å². The number of aliphatic carboxylic acids is 1. The number of hydrogen-bond donors (Lipinski definition) is 3. The third-order valence-electron chi connectivity index (χ3n) is 11.5. The van der Waals surface area contributed by atoms with E-state index in [4.69, 9.17) is 4.74 Å². The van der Waals surface area contributed by atoms with Gasteiger partial charge in [0.05, 0.1) is 23.9 Å². The third-order valence-corrected chi connectivity index (χ3v) is 12.6. The number of imide groups is 1. The lowest BCUT2D eigenvalue weighted by atomic mass is 9.76. The van der Waals surface area contributed by atoms with E-state index in [0.717, 1.165) is 31.2 Å². The van der Waals surface area contributed by atoms with Crippen LogP contribution in [0.5, 0.6) is 5.75 Å². The van der Waals surface area contributed by atoms with Crippen LogP contribution in [0.3, 0.4) is 0 Å². The highest BCUT2D eigenvalue weighted by atomic mass is 32.2. The first kappa shape index (κ1) is 46.7. The summed E-state index contributed by atoms with van der Waals surface area (Å²) in [5.41, 5.74) is -0.340. The molecule has 1 heterocycles. The van der Waals surface area contributed by atoms with E-state index in [9.17, 15) is 33.9 Å². The Balaban J connectivity index is 1.58. The van der Waals surface area contributed by atoms with Crippen molar-refractivity contribution in [3.63, 3.8) is 0 Å². The molecule has 56 heavy (non-hydrogen) atoms. The standard InChI is InChI=1S/C43H66N4O8S/c1-12-33(48)29-15-13-28(14-16-29)25-47-35(49)24-34(39(47)51)56-22-21-55-31-19-17-30(18-20-31)43(8,9)36(44-10)38(50)45-37(42(5,6)7)40(52)46(11)32(26(2)3)23-27(4)41(53)54/h17-20,23,26,28-29,32,34,36-37,44H,12-16,21-22,24-25H2,1-11H3,(H,45,50)(H,53,54)/b27-23+/t28?,29?,32-,34?,36-,37-/m1/s1. The van der Waals surface area contributed by atoms with E-state index in [1.54, 1.807) is 20.2 Å². The molecule has 1 saturated heterocycles. The van der Waals surface area contributed by atoms with E-state index >= 15 is 0 Å². The zero-order valence-electron chi connectivity index (χ0n) is 35.4. The third kappa shape index (κ3) is 11.9. The second kappa shape index (κ2) is 20.1. The Kier molecular flexibility index (Phi) is 16.8. The minimum Gasteiger partial charge on any atom is -0.493 e. The van der Waals surface area contributed by atoms with Gasteiger partial charge in [-0.3, -0.25) is 28.9 Å². The molecular formula is C43H66N4O8S. The van der Waals surface area contributed by atoms with Crippen molar-refractivity contribution in [3.8, 4) is 5.75 Å². The molecule has 12 nitrogen and oxygen atoms in total. The van der Waals surface area contributed by atoms with Crippen LogP contribution in [-0.2, 0) is 34.2 Å². The van der Waals surface area contributed by atoms with Gasteiger partial charge in [0, 0.05) is 49.1 Å². The van der Waals surface area contributed by atoms with Crippen LogP contribution in [0, 0.1) is 23.2 Å². The van der Waals surface area contributed by atoms with Gasteiger partial charge < -0.3 is 25.4 Å². The second-order valence-corrected chi connectivity index (χ2v) is 18.7. The maximum atomic E-state index is 14.0. The van der Waals surface area contributed by atoms with Crippen LogP contribution in [0.1, 0.15) is 106 Å². The van der Waals surface area contributed by atoms with Crippen LogP contribution >= 0.6 is 11.8 Å². The summed E-state index contributed by atoms with van der Waals surface area (Å²) < 4.78 is 6.00. The van der Waals surface area contributed by atoms with E-state index in [0.29, 0.717) is 36.9 Å². The molecule has 0 radical (unpaired) electrons. The van der Waals surface area contributed by atoms with Gasteiger partial charge in [-0.05, 0) is 74.6 Å². The number of carbonyl (C=O) groups excluding carboxylic acids is 5. The molecule has 0 bridgehead atoms. The molecule has 2 fully saturated rings. The van der Waals surface area contributed by atoms with Crippen LogP contribution in [0.2, 0.25) is 0 Å². The van der Waals surface area contributed by atoms with Gasteiger partial charge in [-0.25, -0.2) is 4.79 Å². The Morgan fingerprint density at radius 3 is 2.14 bits per heavy atom. The number of nitrogens with zero attached hydrogens (tertiary/aromatic N) is 2. The van der Waals surface area contributed by atoms with Gasteiger partial charge >= 0.3 is 5.97 Å². The van der Waals surface area contributed by atoms with Gasteiger partial charge in [0.15, 0.2) is 0 Å². The molecule has 2 aliphatic rings. The van der Waals surface area contributed by atoms with Crippen LogP contribution in [0.4, 0.5) is 0 Å². The van der Waals surface area contributed by atoms with Crippen molar-refractivity contribution in [2.45, 2.75) is 130 Å². The van der Waals surface area contributed by atoms with E-state index < -0.39 is 40.2 Å². The summed E-state index contributed by atoms with van der Waals surface area (Å²) in [6.45, 7) is 17.6. The van der Waals surface area contributed by atoms with E-state index in [1.165, 1.54) is 28.5 Å². The molecule has 0 spiro atoms. The van der Waals surface area contributed by atoms with Crippen molar-refractivity contribution in [2.24, 2.45) is 23.2 Å². The Hall–Kier alpha value is -3.71. The molecule has 0 aromatic heterocycles. The number of Topliss-reactive ketones (excluding diaryl/α,β-unsaturated/α-hetero) is 1. The monoisotopic (exact) mass is 798 g/mol. The van der Waals surface area contributed by atoms with E-state index in [-0.39, 0.29) is 53.4 Å². The molecule has 1 aliphatic heterocycles. The Labute approximate surface area is 338 Å². The molecule has 1 aromatic carbocycles. The summed E-state index contributed by atoms with van der Waals surface area (Å²) in [5, 5.41) is 15.2. The highest BCUT2D eigenvalue weighted by Crippen LogP contribution is 2.34. The van der Waals surface area contributed by atoms with Crippen LogP contribution in [-0.4, -0.2) is 107 Å². The van der Waals surface area contributed by atoms with Crippen molar-refractivity contribution in [1.29, 1.82) is 0 Å². The Morgan fingerprint density at radius 2 is 1.62 bits per heavy atom. The number of amides is 4. The summed E-state index contributed by atoms with van der Waals surface area (Å²) in [6, 6.07) is 5.42. The molecule has 1 aliphatic carbocycles. The molecule has 3 N–H and O–H groups in total. The van der Waals surface area contributed by atoms with Gasteiger partial charge in [-0.15, -0.1) is 11.8 Å². The fourth-order valence-electron chi connectivity index (χ4n) is 7.81. The topological polar surface area (TPSA) is 162 Å². The summed E-state index contributed by atoms with van der Waals surface area (Å²) in [6.07, 6.45) is 5.74. The first-order chi connectivity index (χ1) is 26.1. The molecule has 1 aromatic rings. The first-order valence-electron chi connectivity index (χ1n) is 20.0. The SMILES string of the molecule is CCC(=O)C1CCC(CN2C(=O)CC(SCCOc3ccc(C(C)(C)[C@H](NC)C(=O)N[C@H](C(=O)N(C)[C@H](/C=C(\C)C(=O)O)C(C)C)C(C)(C)C)cc3)C2=O)CC1. The number of carboxylic acid groups (broad SMARTS) is 1. The predicted octanol–water partition coefficient (Wildman–Crippen LogP) is 5.62. The lowest BCUT2D eigenvalue weighted by Crippen LogP contribution is -2.61. The van der Waals surface area contributed by atoms with Crippen LogP contribution < -0.4 is 15.4 Å². The number of ether oxygens (including phenoxy) is 1. The van der Waals surface area contributed by atoms with Gasteiger partial charge in [0.25, 0.3) is 0 Å². The first-order valence-corrected chi connectivity index (χ1v) is 21.1. The van der Waals surface area contributed by atoms with Crippen molar-refractivity contribution < 1.29 is 38.6 Å². The molecular weight excluding hydrogens is 733 g/mol. The predicted molar refractivity (Wildman–Crippen MR) is 220 cm³/mol. The second-order valence-electron chi connectivity index (χ2n) is 17.4. The zero-order valence-corrected chi connectivity index (χ0v) is 36.2. The maximum Gasteiger partial charge on any atom is 0.331 e. The molecule has 1 saturated carbocycles. The minimum atomic E-state index is -1.05. The summed E-state index contributed by atoms with van der Waals surface area (Å²) >= 11 is 1.43. The number of rotatable bonds is 19. The minimum absolute atomic E-state index is 0.0664. The Bertz CT molecular complexity index is 1590. The number of carbonyl (C=O) groups is 6. The zero-order chi connectivity index (χ0) is 42.1. The summed E-state index contributed by atoms with van der Waals surface area (Å²) in [5.74, 6) is -0.178. The van der Waals surface area contributed by atoms with Crippen LogP contribution in [0.15, 0.2) is 35.9 Å². The number of ketones is 1. The average molecular weight is 799 g/mol. The fraction of sp³-hybridized carbons (Fsp3) is 0.674. The van der Waals surface area contributed by atoms with Gasteiger partial charge in [0.1, 0.15) is 17.6 Å². The molecule has 4 amide bonds. The number of nitrogens with one attached hydrogen (secondary N) is 2. The van der Waals surface area contributed by atoms with E-state index in [1.807, 2.05) is 79.7 Å². The largest absolute Gasteiger partial charge is 0.493 e. The van der Waals surface area contributed by atoms with Crippen molar-refractivity contribution in [2.75, 3.05) is 33.0 Å². The summed E-state index contributed by atoms with van der Waals surface area (Å²) in [4.78, 5) is 80.4. The molecule has 4 atom stereocenters. The van der Waals surface area contributed by atoms with Gasteiger partial charge in [-0.1, -0.05) is 73.6 Å². The Morgan fingerprint density at radius 1 is 1.02 bits per heavy atom. The quantitative estimate of drug-likeness (QED) is 0.0910. The molecule has 3 rings (SSSR count). The highest BCUT2D eigenvalue weighted by molar-refractivity contribution is 8.00. The normalized spacial score (nSPS) is 21.1. The number of likely N-dealkylation sites (N-methyl/N-ethyl adjacent to an activating group) is 2. The lowest BCUT2D eigenvalue weighted by Gasteiger charge is -2.40. The molecule has 1 unspecified atom stereocenters. The fourth-order valence-corrected chi connectivity index (χ4v) is 8.80. The smallest absolute Gasteiger partial charge is 0.331 e. The number of benzene rings is 1. The van der Waals surface area contributed by atoms with Gasteiger partial charge in [-0.2, -0.15) is 0 Å². The van der Waals surface area contributed by atoms with Crippen molar-refractivity contribution >= 4 is 47.1 Å². The summed E-state index contributed by atoms with van der Waals surface area (Å²) in [7, 11) is 3.35. The maximum absolute atomic E-state index is 14.0. The number of carboxylic acids is 1. The van der Waals surface area contributed by atoms with E-state index in [2.05, 4.69) is 10.6 Å². The van der Waals surface area contributed by atoms with Crippen molar-refractivity contribution in [3.05, 3.63) is 41.5 Å². The van der Waals surface area contributed by atoms with Crippen LogP contribution in [0.25, 0.3) is 0 Å². The highest BCUT2D eigenvalue weighted by Gasteiger charge is 2.43. The lowest BCUT2D eigenvalue weighted by molar-refractivity contribution is -0.141. The molecule has 312 valence electrons. The number of likely N-dealkylation sites (tertiary alicyclic amines) is 1. The average Bonchev–Trinajstić information content (AvgIpc) is 3.40. The number of thioether (sulfide) groups is 1. The number of hydrogen-bond acceptors (Lipinski definition) is 9. The molecule has 13 heteroatoms.